The second kappa shape index (κ2) is 6.56. The molecule has 0 saturated carbocycles. The van der Waals surface area contributed by atoms with Gasteiger partial charge in [-0.25, -0.2) is 0 Å². The lowest BCUT2D eigenvalue weighted by molar-refractivity contribution is -0.387. The Morgan fingerprint density at radius 3 is 1.92 bits per heavy atom. The minimum atomic E-state index is -4.87. The molecule has 0 heterocycles. The van der Waals surface area contributed by atoms with E-state index in [0.717, 1.165) is 12.1 Å². The standard InChI is InChI=1S/C14H10N2O7S/c17-15(18)12-6-2-1-4-10(12)8-9-11-5-3-7-13(16(19)20)14(11)24(21,22)23/h1-9H,(H,21,22,23)/b9-8+. The summed E-state index contributed by atoms with van der Waals surface area (Å²) in [6.07, 6.45) is 2.39. The molecule has 2 aromatic carbocycles. The maximum atomic E-state index is 11.5. The van der Waals surface area contributed by atoms with E-state index < -0.39 is 30.5 Å². The number of para-hydroxylation sites is 1. The predicted molar refractivity (Wildman–Crippen MR) is 84.9 cm³/mol. The molecular weight excluding hydrogens is 340 g/mol. The molecule has 124 valence electrons. The summed E-state index contributed by atoms with van der Waals surface area (Å²) in [4.78, 5) is 19.5. The van der Waals surface area contributed by atoms with Gasteiger partial charge in [0, 0.05) is 17.7 Å². The van der Waals surface area contributed by atoms with E-state index in [1.54, 1.807) is 6.07 Å². The van der Waals surface area contributed by atoms with Crippen LogP contribution in [0.25, 0.3) is 12.2 Å². The molecule has 0 unspecified atom stereocenters. The predicted octanol–water partition coefficient (Wildman–Crippen LogP) is 2.92. The van der Waals surface area contributed by atoms with Gasteiger partial charge in [-0.3, -0.25) is 24.8 Å². The van der Waals surface area contributed by atoms with Crippen LogP contribution in [0, 0.1) is 20.2 Å². The number of hydrogen-bond acceptors (Lipinski definition) is 6. The highest BCUT2D eigenvalue weighted by molar-refractivity contribution is 7.86. The van der Waals surface area contributed by atoms with Crippen molar-refractivity contribution in [1.82, 2.24) is 0 Å². The Balaban J connectivity index is 2.61. The molecule has 2 aromatic rings. The van der Waals surface area contributed by atoms with Gasteiger partial charge in [-0.1, -0.05) is 30.3 Å². The molecule has 2 rings (SSSR count). The van der Waals surface area contributed by atoms with E-state index in [2.05, 4.69) is 0 Å². The highest BCUT2D eigenvalue weighted by Gasteiger charge is 2.26. The van der Waals surface area contributed by atoms with Gasteiger partial charge in [0.05, 0.1) is 15.4 Å². The molecule has 9 nitrogen and oxygen atoms in total. The van der Waals surface area contributed by atoms with Crippen molar-refractivity contribution in [3.8, 4) is 0 Å². The summed E-state index contributed by atoms with van der Waals surface area (Å²) in [5.74, 6) is 0. The van der Waals surface area contributed by atoms with E-state index in [1.165, 1.54) is 36.4 Å². The van der Waals surface area contributed by atoms with Crippen LogP contribution >= 0.6 is 0 Å². The smallest absolute Gasteiger partial charge is 0.282 e. The van der Waals surface area contributed by atoms with E-state index >= 15 is 0 Å². The summed E-state index contributed by atoms with van der Waals surface area (Å²) in [5, 5.41) is 21.9. The Morgan fingerprint density at radius 1 is 0.833 bits per heavy atom. The van der Waals surface area contributed by atoms with Crippen molar-refractivity contribution in [3.63, 3.8) is 0 Å². The molecule has 0 spiro atoms. The molecule has 0 aromatic heterocycles. The van der Waals surface area contributed by atoms with Crippen molar-refractivity contribution in [1.29, 1.82) is 0 Å². The zero-order chi connectivity index (χ0) is 17.9. The highest BCUT2D eigenvalue weighted by Crippen LogP contribution is 2.29. The number of rotatable bonds is 5. The van der Waals surface area contributed by atoms with Gasteiger partial charge < -0.3 is 0 Å². The van der Waals surface area contributed by atoms with Crippen molar-refractivity contribution in [2.24, 2.45) is 0 Å². The third kappa shape index (κ3) is 3.62. The molecule has 0 radical (unpaired) electrons. The van der Waals surface area contributed by atoms with Gasteiger partial charge in [0.15, 0.2) is 4.90 Å². The van der Waals surface area contributed by atoms with Crippen LogP contribution in [0.2, 0.25) is 0 Å². The van der Waals surface area contributed by atoms with Crippen LogP contribution in [0.3, 0.4) is 0 Å². The van der Waals surface area contributed by atoms with Gasteiger partial charge in [0.25, 0.3) is 11.4 Å². The fourth-order valence-electron chi connectivity index (χ4n) is 2.07. The minimum absolute atomic E-state index is 0.162. The Hall–Kier alpha value is -3.11. The minimum Gasteiger partial charge on any atom is -0.282 e. The van der Waals surface area contributed by atoms with Crippen LogP contribution in [0.4, 0.5) is 11.4 Å². The van der Waals surface area contributed by atoms with Crippen molar-refractivity contribution in [3.05, 3.63) is 73.8 Å². The first-order valence-electron chi connectivity index (χ1n) is 6.38. The summed E-state index contributed by atoms with van der Waals surface area (Å²) < 4.78 is 32.2. The van der Waals surface area contributed by atoms with E-state index in [9.17, 15) is 33.2 Å². The zero-order valence-corrected chi connectivity index (χ0v) is 12.7. The van der Waals surface area contributed by atoms with Crippen molar-refractivity contribution >= 4 is 33.6 Å². The van der Waals surface area contributed by atoms with Crippen LogP contribution in [0.15, 0.2) is 47.4 Å². The molecule has 0 aliphatic rings. The second-order valence-corrected chi connectivity index (χ2v) is 5.94. The van der Waals surface area contributed by atoms with Gasteiger partial charge in [-0.05, 0) is 12.1 Å². The lowest BCUT2D eigenvalue weighted by atomic mass is 10.1. The first-order chi connectivity index (χ1) is 11.2. The Bertz CT molecular complexity index is 951. The Kier molecular flexibility index (Phi) is 4.71. The SMILES string of the molecule is O=[N+]([O-])c1ccccc1/C=C/c1cccc([N+](=O)[O-])c1S(=O)(=O)O. The fourth-order valence-corrected chi connectivity index (χ4v) is 2.91. The van der Waals surface area contributed by atoms with E-state index in [4.69, 9.17) is 0 Å². The van der Waals surface area contributed by atoms with Crippen molar-refractivity contribution in [2.45, 2.75) is 4.90 Å². The average Bonchev–Trinajstić information content (AvgIpc) is 2.51. The zero-order valence-electron chi connectivity index (χ0n) is 11.9. The Morgan fingerprint density at radius 2 is 1.33 bits per heavy atom. The fraction of sp³-hybridized carbons (Fsp3) is 0. The van der Waals surface area contributed by atoms with E-state index in [1.807, 2.05) is 0 Å². The van der Waals surface area contributed by atoms with Gasteiger partial charge in [-0.15, -0.1) is 0 Å². The quantitative estimate of drug-likeness (QED) is 0.378. The van der Waals surface area contributed by atoms with Gasteiger partial charge in [0.2, 0.25) is 0 Å². The number of nitrogens with zero attached hydrogens (tertiary/aromatic N) is 2. The Labute approximate surface area is 135 Å². The number of hydrogen-bond donors (Lipinski definition) is 1. The summed E-state index contributed by atoms with van der Waals surface area (Å²) in [5.41, 5.74) is -0.991. The molecule has 0 saturated heterocycles. The topological polar surface area (TPSA) is 141 Å². The number of nitro groups is 2. The lowest BCUT2D eigenvalue weighted by Gasteiger charge is -2.04. The van der Waals surface area contributed by atoms with E-state index in [-0.39, 0.29) is 16.8 Å². The van der Waals surface area contributed by atoms with Crippen LogP contribution in [-0.4, -0.2) is 22.8 Å². The molecule has 0 fully saturated rings. The number of nitro benzene ring substituents is 2. The summed E-state index contributed by atoms with van der Waals surface area (Å²) in [6, 6.07) is 9.12. The molecular formula is C14H10N2O7S. The van der Waals surface area contributed by atoms with E-state index in [0.29, 0.717) is 0 Å². The van der Waals surface area contributed by atoms with Crippen LogP contribution in [-0.2, 0) is 10.1 Å². The molecule has 24 heavy (non-hydrogen) atoms. The summed E-state index contributed by atoms with van der Waals surface area (Å²) in [7, 11) is -4.87. The highest BCUT2D eigenvalue weighted by atomic mass is 32.2. The first kappa shape index (κ1) is 17.2. The van der Waals surface area contributed by atoms with Crippen LogP contribution in [0.1, 0.15) is 11.1 Å². The summed E-state index contributed by atoms with van der Waals surface area (Å²) >= 11 is 0. The lowest BCUT2D eigenvalue weighted by Crippen LogP contribution is -2.05. The van der Waals surface area contributed by atoms with Crippen LogP contribution in [0.5, 0.6) is 0 Å². The average molecular weight is 350 g/mol. The third-order valence-electron chi connectivity index (χ3n) is 3.06. The van der Waals surface area contributed by atoms with Crippen LogP contribution < -0.4 is 0 Å². The molecule has 0 atom stereocenters. The van der Waals surface area contributed by atoms with Crippen molar-refractivity contribution < 1.29 is 22.8 Å². The van der Waals surface area contributed by atoms with Gasteiger partial charge in [-0.2, -0.15) is 8.42 Å². The van der Waals surface area contributed by atoms with Gasteiger partial charge >= 0.3 is 10.1 Å². The molecule has 0 amide bonds. The largest absolute Gasteiger partial charge is 0.302 e. The monoisotopic (exact) mass is 350 g/mol. The summed E-state index contributed by atoms with van der Waals surface area (Å²) in [6.45, 7) is 0. The van der Waals surface area contributed by atoms with Gasteiger partial charge in [0.1, 0.15) is 0 Å². The van der Waals surface area contributed by atoms with Crippen molar-refractivity contribution in [2.75, 3.05) is 0 Å². The second-order valence-electron chi connectivity index (χ2n) is 4.58. The first-order valence-corrected chi connectivity index (χ1v) is 7.82. The molecule has 0 aliphatic carbocycles. The molecule has 10 heteroatoms. The third-order valence-corrected chi connectivity index (χ3v) is 4.02. The maximum Gasteiger partial charge on any atom is 0.302 e. The number of benzene rings is 2. The molecule has 0 aliphatic heterocycles. The normalized spacial score (nSPS) is 11.5. The molecule has 1 N–H and O–H groups in total. The maximum absolute atomic E-state index is 11.5. The molecule has 0 bridgehead atoms.